The highest BCUT2D eigenvalue weighted by Crippen LogP contribution is 2.35. The van der Waals surface area contributed by atoms with Crippen LogP contribution in [0.5, 0.6) is 0 Å². The standard InChI is InChI=1S/C16H18N4OS2/c1-21-10-14-18-16(23-19-14)20-8-6-11(7-9-20)15-17-12-4-2-3-5-13(12)22-15/h2-5,11H,6-10H2,1H3. The van der Waals surface area contributed by atoms with Crippen LogP contribution >= 0.6 is 22.9 Å². The molecule has 1 saturated heterocycles. The lowest BCUT2D eigenvalue weighted by atomic mass is 9.98. The van der Waals surface area contributed by atoms with E-state index < -0.39 is 0 Å². The van der Waals surface area contributed by atoms with Crippen molar-refractivity contribution in [3.05, 3.63) is 35.1 Å². The van der Waals surface area contributed by atoms with Crippen LogP contribution in [0.2, 0.25) is 0 Å². The van der Waals surface area contributed by atoms with Crippen molar-refractivity contribution in [1.82, 2.24) is 14.3 Å². The van der Waals surface area contributed by atoms with E-state index in [1.54, 1.807) is 7.11 Å². The van der Waals surface area contributed by atoms with Gasteiger partial charge < -0.3 is 9.64 Å². The monoisotopic (exact) mass is 346 g/mol. The lowest BCUT2D eigenvalue weighted by Crippen LogP contribution is -2.32. The molecule has 5 nitrogen and oxygen atoms in total. The molecular weight excluding hydrogens is 328 g/mol. The molecule has 1 fully saturated rings. The lowest BCUT2D eigenvalue weighted by molar-refractivity contribution is 0.179. The summed E-state index contributed by atoms with van der Waals surface area (Å²) in [5, 5.41) is 2.29. The summed E-state index contributed by atoms with van der Waals surface area (Å²) in [6.07, 6.45) is 2.25. The van der Waals surface area contributed by atoms with Gasteiger partial charge in [-0.15, -0.1) is 11.3 Å². The third kappa shape index (κ3) is 3.08. The number of piperidine rings is 1. The zero-order valence-corrected chi connectivity index (χ0v) is 14.6. The predicted molar refractivity (Wildman–Crippen MR) is 94.4 cm³/mol. The topological polar surface area (TPSA) is 51.1 Å². The van der Waals surface area contributed by atoms with Crippen molar-refractivity contribution in [1.29, 1.82) is 0 Å². The van der Waals surface area contributed by atoms with Crippen molar-refractivity contribution in [2.75, 3.05) is 25.1 Å². The number of methoxy groups -OCH3 is 1. The predicted octanol–water partition coefficient (Wildman–Crippen LogP) is 3.68. The highest BCUT2D eigenvalue weighted by atomic mass is 32.1. The number of benzene rings is 1. The van der Waals surface area contributed by atoms with Gasteiger partial charge in [0.2, 0.25) is 5.13 Å². The van der Waals surface area contributed by atoms with Gasteiger partial charge >= 0.3 is 0 Å². The molecule has 0 unspecified atom stereocenters. The van der Waals surface area contributed by atoms with Crippen molar-refractivity contribution in [3.8, 4) is 0 Å². The number of hydrogen-bond donors (Lipinski definition) is 0. The number of aromatic nitrogens is 3. The highest BCUT2D eigenvalue weighted by Gasteiger charge is 2.25. The first-order valence-corrected chi connectivity index (χ1v) is 9.34. The number of anilines is 1. The summed E-state index contributed by atoms with van der Waals surface area (Å²) >= 11 is 3.31. The Kier molecular flexibility index (Phi) is 4.24. The molecule has 0 N–H and O–H groups in total. The molecular formula is C16H18N4OS2. The minimum Gasteiger partial charge on any atom is -0.377 e. The molecule has 2 aromatic heterocycles. The molecule has 0 radical (unpaired) electrons. The van der Waals surface area contributed by atoms with Crippen molar-refractivity contribution < 1.29 is 4.74 Å². The molecule has 1 aromatic carbocycles. The SMILES string of the molecule is COCc1nsc(N2CCC(c3nc4ccccc4s3)CC2)n1. The van der Waals surface area contributed by atoms with Crippen LogP contribution in [0.25, 0.3) is 10.2 Å². The maximum absolute atomic E-state index is 5.09. The van der Waals surface area contributed by atoms with E-state index in [2.05, 4.69) is 38.5 Å². The van der Waals surface area contributed by atoms with Crippen molar-refractivity contribution in [2.24, 2.45) is 0 Å². The molecule has 3 heterocycles. The third-order valence-corrected chi connectivity index (χ3v) is 6.17. The maximum atomic E-state index is 5.09. The molecule has 23 heavy (non-hydrogen) atoms. The molecule has 0 atom stereocenters. The Balaban J connectivity index is 1.43. The van der Waals surface area contributed by atoms with Gasteiger partial charge in [0, 0.05) is 37.6 Å². The van der Waals surface area contributed by atoms with Crippen LogP contribution in [0, 0.1) is 0 Å². The van der Waals surface area contributed by atoms with Crippen molar-refractivity contribution in [2.45, 2.75) is 25.4 Å². The fourth-order valence-corrected chi connectivity index (χ4v) is 4.80. The molecule has 0 saturated carbocycles. The van der Waals surface area contributed by atoms with Gasteiger partial charge in [0.15, 0.2) is 5.82 Å². The van der Waals surface area contributed by atoms with E-state index in [4.69, 9.17) is 9.72 Å². The normalized spacial score (nSPS) is 16.3. The van der Waals surface area contributed by atoms with Gasteiger partial charge in [-0.2, -0.15) is 4.37 Å². The number of nitrogens with zero attached hydrogens (tertiary/aromatic N) is 4. The Hall–Kier alpha value is -1.57. The number of para-hydroxylation sites is 1. The van der Waals surface area contributed by atoms with Gasteiger partial charge in [-0.25, -0.2) is 9.97 Å². The molecule has 4 rings (SSSR count). The zero-order valence-electron chi connectivity index (χ0n) is 12.9. The Morgan fingerprint density at radius 1 is 1.22 bits per heavy atom. The molecule has 0 aliphatic carbocycles. The molecule has 0 bridgehead atoms. The van der Waals surface area contributed by atoms with Crippen LogP contribution in [0.1, 0.15) is 29.6 Å². The summed E-state index contributed by atoms with van der Waals surface area (Å²) in [5.74, 6) is 1.34. The second-order valence-corrected chi connectivity index (χ2v) is 7.50. The minimum absolute atomic E-state index is 0.485. The van der Waals surface area contributed by atoms with Crippen LogP contribution in [0.15, 0.2) is 24.3 Å². The summed E-state index contributed by atoms with van der Waals surface area (Å²) in [6, 6.07) is 8.40. The smallest absolute Gasteiger partial charge is 0.205 e. The van der Waals surface area contributed by atoms with Gasteiger partial charge in [0.05, 0.1) is 15.2 Å². The van der Waals surface area contributed by atoms with Crippen LogP contribution in [-0.2, 0) is 11.3 Å². The van der Waals surface area contributed by atoms with Gasteiger partial charge in [-0.05, 0) is 25.0 Å². The average molecular weight is 346 g/mol. The summed E-state index contributed by atoms with van der Waals surface area (Å²) in [7, 11) is 1.67. The Morgan fingerprint density at radius 2 is 2.04 bits per heavy atom. The highest BCUT2D eigenvalue weighted by molar-refractivity contribution is 7.18. The van der Waals surface area contributed by atoms with E-state index >= 15 is 0 Å². The van der Waals surface area contributed by atoms with E-state index in [0.29, 0.717) is 12.5 Å². The summed E-state index contributed by atoms with van der Waals surface area (Å²) in [5.41, 5.74) is 1.13. The largest absolute Gasteiger partial charge is 0.377 e. The molecule has 1 aliphatic rings. The first-order valence-electron chi connectivity index (χ1n) is 7.75. The average Bonchev–Trinajstić information content (AvgIpc) is 3.22. The van der Waals surface area contributed by atoms with E-state index in [0.717, 1.165) is 42.4 Å². The molecule has 7 heteroatoms. The summed E-state index contributed by atoms with van der Waals surface area (Å²) in [4.78, 5) is 11.7. The van der Waals surface area contributed by atoms with Crippen LogP contribution in [0.3, 0.4) is 0 Å². The number of ether oxygens (including phenoxy) is 1. The van der Waals surface area contributed by atoms with Crippen LogP contribution in [0.4, 0.5) is 5.13 Å². The van der Waals surface area contributed by atoms with E-state index in [-0.39, 0.29) is 0 Å². The van der Waals surface area contributed by atoms with Gasteiger partial charge in [-0.1, -0.05) is 12.1 Å². The summed E-state index contributed by atoms with van der Waals surface area (Å²) < 4.78 is 10.7. The number of thiazole rings is 1. The van der Waals surface area contributed by atoms with E-state index in [1.165, 1.54) is 21.2 Å². The Labute approximate surface area is 143 Å². The molecule has 1 aliphatic heterocycles. The molecule has 0 spiro atoms. The van der Waals surface area contributed by atoms with E-state index in [9.17, 15) is 0 Å². The quantitative estimate of drug-likeness (QED) is 0.721. The third-order valence-electron chi connectivity index (χ3n) is 4.16. The second-order valence-electron chi connectivity index (χ2n) is 5.71. The summed E-state index contributed by atoms with van der Waals surface area (Å²) in [6.45, 7) is 2.52. The first-order chi connectivity index (χ1) is 11.3. The molecule has 3 aromatic rings. The number of fused-ring (bicyclic) bond motifs is 1. The molecule has 120 valence electrons. The van der Waals surface area contributed by atoms with Crippen molar-refractivity contribution >= 4 is 38.2 Å². The zero-order chi connectivity index (χ0) is 15.6. The lowest BCUT2D eigenvalue weighted by Gasteiger charge is -2.30. The fraction of sp³-hybridized carbons (Fsp3) is 0.438. The second kappa shape index (κ2) is 6.51. The molecule has 0 amide bonds. The van der Waals surface area contributed by atoms with Crippen LogP contribution in [-0.4, -0.2) is 34.5 Å². The maximum Gasteiger partial charge on any atom is 0.205 e. The minimum atomic E-state index is 0.485. The van der Waals surface area contributed by atoms with Crippen LogP contribution < -0.4 is 4.90 Å². The number of rotatable bonds is 4. The Bertz CT molecular complexity index is 759. The first kappa shape index (κ1) is 15.0. The number of hydrogen-bond acceptors (Lipinski definition) is 7. The van der Waals surface area contributed by atoms with E-state index in [1.807, 2.05) is 11.3 Å². The van der Waals surface area contributed by atoms with Gasteiger partial charge in [0.1, 0.15) is 6.61 Å². The van der Waals surface area contributed by atoms with Crippen molar-refractivity contribution in [3.63, 3.8) is 0 Å². The van der Waals surface area contributed by atoms with Gasteiger partial charge in [0.25, 0.3) is 0 Å². The Morgan fingerprint density at radius 3 is 2.83 bits per heavy atom. The van der Waals surface area contributed by atoms with Gasteiger partial charge in [-0.3, -0.25) is 0 Å². The fourth-order valence-electron chi connectivity index (χ4n) is 2.94.